The SMILES string of the molecule is O=C1NC(=O)c2c1ccc(CC1CO1)c2CC1CO1. The van der Waals surface area contributed by atoms with Crippen LogP contribution in [0.5, 0.6) is 0 Å². The zero-order chi connectivity index (χ0) is 13.0. The Hall–Kier alpha value is -1.72. The molecule has 2 saturated heterocycles. The molecule has 2 atom stereocenters. The minimum absolute atomic E-state index is 0.189. The minimum atomic E-state index is -0.299. The van der Waals surface area contributed by atoms with Crippen molar-refractivity contribution < 1.29 is 19.1 Å². The number of amides is 2. The Balaban J connectivity index is 1.80. The van der Waals surface area contributed by atoms with E-state index in [1.54, 1.807) is 6.07 Å². The molecule has 1 N–H and O–H groups in total. The summed E-state index contributed by atoms with van der Waals surface area (Å²) in [5, 5.41) is 2.36. The number of ether oxygens (including phenoxy) is 2. The van der Waals surface area contributed by atoms with Crippen molar-refractivity contribution in [1.29, 1.82) is 0 Å². The second kappa shape index (κ2) is 3.88. The molecule has 1 aromatic rings. The molecule has 1 aromatic carbocycles. The van der Waals surface area contributed by atoms with E-state index in [-0.39, 0.29) is 24.0 Å². The van der Waals surface area contributed by atoms with E-state index in [1.807, 2.05) is 6.07 Å². The third kappa shape index (κ3) is 1.95. The number of fused-ring (bicyclic) bond motifs is 1. The molecular weight excluding hydrogens is 246 g/mol. The molecule has 3 aliphatic heterocycles. The lowest BCUT2D eigenvalue weighted by Crippen LogP contribution is -2.20. The second-order valence-electron chi connectivity index (χ2n) is 5.23. The lowest BCUT2D eigenvalue weighted by Gasteiger charge is -2.11. The van der Waals surface area contributed by atoms with Crippen molar-refractivity contribution in [2.75, 3.05) is 13.2 Å². The standard InChI is InChI=1S/C14H13NO4/c16-13-10-2-1-7(3-8-5-18-8)11(4-9-6-19-9)12(10)14(17)15-13/h1-2,8-9H,3-6H2,(H,15,16,17). The maximum absolute atomic E-state index is 11.9. The molecule has 5 heteroatoms. The molecule has 4 rings (SSSR count). The van der Waals surface area contributed by atoms with E-state index in [2.05, 4.69) is 5.32 Å². The quantitative estimate of drug-likeness (QED) is 0.629. The molecule has 2 fully saturated rings. The Kier molecular flexibility index (Phi) is 2.28. The first kappa shape index (κ1) is 11.1. The first-order valence-electron chi connectivity index (χ1n) is 6.46. The molecule has 2 unspecified atom stereocenters. The fourth-order valence-electron chi connectivity index (χ4n) is 2.64. The van der Waals surface area contributed by atoms with Crippen molar-refractivity contribution in [3.8, 4) is 0 Å². The Labute approximate surface area is 109 Å². The Morgan fingerprint density at radius 1 is 1.05 bits per heavy atom. The minimum Gasteiger partial charge on any atom is -0.373 e. The third-order valence-electron chi connectivity index (χ3n) is 3.79. The average molecular weight is 259 g/mol. The zero-order valence-electron chi connectivity index (χ0n) is 10.3. The average Bonchev–Trinajstić information content (AvgIpc) is 3.25. The van der Waals surface area contributed by atoms with E-state index >= 15 is 0 Å². The highest BCUT2D eigenvalue weighted by atomic mass is 16.6. The molecule has 0 saturated carbocycles. The fraction of sp³-hybridized carbons (Fsp3) is 0.429. The van der Waals surface area contributed by atoms with Crippen LogP contribution in [0.15, 0.2) is 12.1 Å². The van der Waals surface area contributed by atoms with E-state index in [4.69, 9.17) is 9.47 Å². The number of nitrogens with one attached hydrogen (secondary N) is 1. The summed E-state index contributed by atoms with van der Waals surface area (Å²) < 4.78 is 10.5. The summed E-state index contributed by atoms with van der Waals surface area (Å²) in [6, 6.07) is 3.68. The van der Waals surface area contributed by atoms with E-state index in [0.29, 0.717) is 17.5 Å². The van der Waals surface area contributed by atoms with Crippen LogP contribution in [0.4, 0.5) is 0 Å². The van der Waals surface area contributed by atoms with Crippen LogP contribution in [-0.2, 0) is 22.3 Å². The molecule has 0 spiro atoms. The number of benzene rings is 1. The van der Waals surface area contributed by atoms with Crippen LogP contribution >= 0.6 is 0 Å². The van der Waals surface area contributed by atoms with Crippen LogP contribution in [0.25, 0.3) is 0 Å². The number of imide groups is 1. The van der Waals surface area contributed by atoms with Gasteiger partial charge in [-0.25, -0.2) is 0 Å². The summed E-state index contributed by atoms with van der Waals surface area (Å²) in [6.45, 7) is 1.51. The van der Waals surface area contributed by atoms with Crippen LogP contribution < -0.4 is 5.32 Å². The van der Waals surface area contributed by atoms with E-state index in [1.165, 1.54) is 0 Å². The Bertz CT molecular complexity index is 587. The Morgan fingerprint density at radius 2 is 1.74 bits per heavy atom. The van der Waals surface area contributed by atoms with Gasteiger partial charge >= 0.3 is 0 Å². The monoisotopic (exact) mass is 259 g/mol. The van der Waals surface area contributed by atoms with Gasteiger partial charge in [-0.05, 0) is 17.2 Å². The lowest BCUT2D eigenvalue weighted by molar-refractivity contribution is 0.0879. The van der Waals surface area contributed by atoms with Crippen LogP contribution in [0.2, 0.25) is 0 Å². The number of carbonyl (C=O) groups excluding carboxylic acids is 2. The van der Waals surface area contributed by atoms with Gasteiger partial charge in [0.25, 0.3) is 11.8 Å². The zero-order valence-corrected chi connectivity index (χ0v) is 10.3. The summed E-state index contributed by atoms with van der Waals surface area (Å²) in [5.74, 6) is -0.582. The van der Waals surface area contributed by atoms with Crippen molar-refractivity contribution >= 4 is 11.8 Å². The van der Waals surface area contributed by atoms with Gasteiger partial charge in [0.05, 0.1) is 36.5 Å². The van der Waals surface area contributed by atoms with Gasteiger partial charge in [0, 0.05) is 12.8 Å². The highest BCUT2D eigenvalue weighted by molar-refractivity contribution is 6.22. The van der Waals surface area contributed by atoms with E-state index < -0.39 is 0 Å². The fourth-order valence-corrected chi connectivity index (χ4v) is 2.64. The van der Waals surface area contributed by atoms with Gasteiger partial charge in [0.2, 0.25) is 0 Å². The van der Waals surface area contributed by atoms with Crippen molar-refractivity contribution in [1.82, 2.24) is 5.32 Å². The molecule has 2 amide bonds. The van der Waals surface area contributed by atoms with Gasteiger partial charge in [-0.1, -0.05) is 6.07 Å². The number of hydrogen-bond acceptors (Lipinski definition) is 4. The maximum atomic E-state index is 11.9. The highest BCUT2D eigenvalue weighted by Crippen LogP contribution is 2.30. The lowest BCUT2D eigenvalue weighted by atomic mass is 9.91. The second-order valence-corrected chi connectivity index (χ2v) is 5.23. The first-order valence-corrected chi connectivity index (χ1v) is 6.46. The number of epoxide rings is 2. The molecule has 0 aromatic heterocycles. The van der Waals surface area contributed by atoms with Crippen LogP contribution in [0.1, 0.15) is 31.8 Å². The number of hydrogen-bond donors (Lipinski definition) is 1. The summed E-state index contributed by atoms with van der Waals surface area (Å²) in [5.41, 5.74) is 3.08. The van der Waals surface area contributed by atoms with Crippen molar-refractivity contribution in [2.45, 2.75) is 25.0 Å². The van der Waals surface area contributed by atoms with E-state index in [9.17, 15) is 9.59 Å². The number of rotatable bonds is 4. The smallest absolute Gasteiger partial charge is 0.259 e. The summed E-state index contributed by atoms with van der Waals surface area (Å²) >= 11 is 0. The number of carbonyl (C=O) groups is 2. The summed E-state index contributed by atoms with van der Waals surface area (Å²) in [6.07, 6.45) is 1.95. The van der Waals surface area contributed by atoms with Gasteiger partial charge in [0.15, 0.2) is 0 Å². The molecule has 3 heterocycles. The molecule has 98 valence electrons. The van der Waals surface area contributed by atoms with Gasteiger partial charge in [-0.15, -0.1) is 0 Å². The molecule has 0 aliphatic carbocycles. The highest BCUT2D eigenvalue weighted by Gasteiger charge is 2.35. The molecular formula is C14H13NO4. The van der Waals surface area contributed by atoms with Crippen LogP contribution in [-0.4, -0.2) is 37.2 Å². The van der Waals surface area contributed by atoms with Crippen molar-refractivity contribution in [3.63, 3.8) is 0 Å². The molecule has 0 bridgehead atoms. The van der Waals surface area contributed by atoms with E-state index in [0.717, 1.165) is 30.8 Å². The van der Waals surface area contributed by atoms with Crippen LogP contribution in [0.3, 0.4) is 0 Å². The van der Waals surface area contributed by atoms with Crippen LogP contribution in [0, 0.1) is 0 Å². The van der Waals surface area contributed by atoms with Gasteiger partial charge in [0.1, 0.15) is 0 Å². The molecule has 0 radical (unpaired) electrons. The van der Waals surface area contributed by atoms with Crippen molar-refractivity contribution in [3.05, 3.63) is 34.4 Å². The molecule has 19 heavy (non-hydrogen) atoms. The third-order valence-corrected chi connectivity index (χ3v) is 3.79. The Morgan fingerprint density at radius 3 is 2.42 bits per heavy atom. The summed E-state index contributed by atoms with van der Waals surface area (Å²) in [7, 11) is 0. The van der Waals surface area contributed by atoms with Crippen molar-refractivity contribution in [2.24, 2.45) is 0 Å². The first-order chi connectivity index (χ1) is 9.22. The predicted molar refractivity (Wildman–Crippen MR) is 65.1 cm³/mol. The largest absolute Gasteiger partial charge is 0.373 e. The predicted octanol–water partition coefficient (Wildman–Crippen LogP) is 0.453. The van der Waals surface area contributed by atoms with Gasteiger partial charge in [-0.2, -0.15) is 0 Å². The van der Waals surface area contributed by atoms with Gasteiger partial charge in [-0.3, -0.25) is 14.9 Å². The molecule has 5 nitrogen and oxygen atoms in total. The van der Waals surface area contributed by atoms with Gasteiger partial charge < -0.3 is 9.47 Å². The molecule has 3 aliphatic rings. The maximum Gasteiger partial charge on any atom is 0.259 e. The summed E-state index contributed by atoms with van der Waals surface area (Å²) in [4.78, 5) is 23.6. The topological polar surface area (TPSA) is 71.2 Å². The normalized spacial score (nSPS) is 27.2.